The number of halogens is 5. The SMILES string of the molecule is Cn1cc(NCc2ccc(C(F)(F)F)cc2F)c(Cl)n1. The average molecular weight is 308 g/mol. The molecule has 1 heterocycles. The van der Waals surface area contributed by atoms with Crippen molar-refractivity contribution >= 4 is 17.3 Å². The number of hydrogen-bond acceptors (Lipinski definition) is 2. The summed E-state index contributed by atoms with van der Waals surface area (Å²) < 4.78 is 52.2. The normalized spacial score (nSPS) is 11.7. The molecule has 8 heteroatoms. The van der Waals surface area contributed by atoms with Crippen LogP contribution in [0.2, 0.25) is 5.15 Å². The molecule has 0 atom stereocenters. The molecule has 0 saturated carbocycles. The van der Waals surface area contributed by atoms with Crippen LogP contribution in [-0.2, 0) is 19.8 Å². The molecule has 0 amide bonds. The number of aromatic nitrogens is 2. The molecule has 0 radical (unpaired) electrons. The van der Waals surface area contributed by atoms with Crippen molar-refractivity contribution in [1.82, 2.24) is 9.78 Å². The molecular weight excluding hydrogens is 298 g/mol. The lowest BCUT2D eigenvalue weighted by atomic mass is 10.1. The highest BCUT2D eigenvalue weighted by Gasteiger charge is 2.31. The van der Waals surface area contributed by atoms with Crippen LogP contribution in [0.1, 0.15) is 11.1 Å². The van der Waals surface area contributed by atoms with Crippen molar-refractivity contribution in [2.45, 2.75) is 12.7 Å². The molecule has 0 saturated heterocycles. The maximum Gasteiger partial charge on any atom is 0.416 e. The molecule has 108 valence electrons. The quantitative estimate of drug-likeness (QED) is 0.873. The Morgan fingerprint density at radius 3 is 2.55 bits per heavy atom. The number of alkyl halides is 3. The molecule has 3 nitrogen and oxygen atoms in total. The fourth-order valence-electron chi connectivity index (χ4n) is 1.64. The Hall–Kier alpha value is -1.76. The molecular formula is C12H10ClF4N3. The van der Waals surface area contributed by atoms with Crippen molar-refractivity contribution in [2.75, 3.05) is 5.32 Å². The number of aryl methyl sites for hydroxylation is 1. The Balaban J connectivity index is 2.13. The van der Waals surface area contributed by atoms with Gasteiger partial charge in [0.1, 0.15) is 5.82 Å². The highest BCUT2D eigenvalue weighted by molar-refractivity contribution is 6.31. The maximum absolute atomic E-state index is 13.6. The first-order chi connectivity index (χ1) is 9.27. The van der Waals surface area contributed by atoms with E-state index in [4.69, 9.17) is 11.6 Å². The van der Waals surface area contributed by atoms with Crippen LogP contribution in [-0.4, -0.2) is 9.78 Å². The predicted molar refractivity (Wildman–Crippen MR) is 66.9 cm³/mol. The second-order valence-corrected chi connectivity index (χ2v) is 4.52. The minimum Gasteiger partial charge on any atom is -0.377 e. The highest BCUT2D eigenvalue weighted by atomic mass is 35.5. The van der Waals surface area contributed by atoms with Gasteiger partial charge in [0, 0.05) is 25.4 Å². The largest absolute Gasteiger partial charge is 0.416 e. The van der Waals surface area contributed by atoms with Gasteiger partial charge in [-0.1, -0.05) is 17.7 Å². The van der Waals surface area contributed by atoms with E-state index in [-0.39, 0.29) is 17.3 Å². The summed E-state index contributed by atoms with van der Waals surface area (Å²) in [7, 11) is 1.66. The average Bonchev–Trinajstić information content (AvgIpc) is 2.65. The maximum atomic E-state index is 13.6. The van der Waals surface area contributed by atoms with E-state index >= 15 is 0 Å². The first kappa shape index (κ1) is 14.6. The fraction of sp³-hybridized carbons (Fsp3) is 0.250. The standard InChI is InChI=1S/C12H10ClF4N3/c1-20-6-10(11(13)19-20)18-5-7-2-3-8(4-9(7)14)12(15,16)17/h2-4,6,18H,5H2,1H3. The zero-order valence-electron chi connectivity index (χ0n) is 10.3. The summed E-state index contributed by atoms with van der Waals surface area (Å²) in [6.07, 6.45) is -2.97. The summed E-state index contributed by atoms with van der Waals surface area (Å²) in [5, 5.41) is 6.89. The van der Waals surface area contributed by atoms with Gasteiger partial charge in [-0.2, -0.15) is 18.3 Å². The van der Waals surface area contributed by atoms with Crippen LogP contribution in [0, 0.1) is 5.82 Å². The van der Waals surface area contributed by atoms with E-state index in [0.29, 0.717) is 11.8 Å². The Morgan fingerprint density at radius 2 is 2.05 bits per heavy atom. The molecule has 0 unspecified atom stereocenters. The van der Waals surface area contributed by atoms with Crippen molar-refractivity contribution in [1.29, 1.82) is 0 Å². The fourth-order valence-corrected chi connectivity index (χ4v) is 1.87. The third kappa shape index (κ3) is 3.22. The minimum absolute atomic E-state index is 0.00931. The summed E-state index contributed by atoms with van der Waals surface area (Å²) in [5.74, 6) is -0.924. The number of rotatable bonds is 3. The van der Waals surface area contributed by atoms with Crippen LogP contribution in [0.15, 0.2) is 24.4 Å². The van der Waals surface area contributed by atoms with Gasteiger partial charge in [-0.25, -0.2) is 4.39 Å². The van der Waals surface area contributed by atoms with Crippen LogP contribution in [0.5, 0.6) is 0 Å². The molecule has 0 bridgehead atoms. The van der Waals surface area contributed by atoms with Crippen LogP contribution in [0.25, 0.3) is 0 Å². The Morgan fingerprint density at radius 1 is 1.35 bits per heavy atom. The van der Waals surface area contributed by atoms with Gasteiger partial charge in [-0.15, -0.1) is 0 Å². The van der Waals surface area contributed by atoms with E-state index in [2.05, 4.69) is 10.4 Å². The van der Waals surface area contributed by atoms with Gasteiger partial charge in [0.05, 0.1) is 11.3 Å². The van der Waals surface area contributed by atoms with Crippen LogP contribution >= 0.6 is 11.6 Å². The molecule has 2 aromatic rings. The van der Waals surface area contributed by atoms with E-state index in [1.54, 1.807) is 13.2 Å². The molecule has 0 aliphatic rings. The van der Waals surface area contributed by atoms with Crippen LogP contribution in [0.3, 0.4) is 0 Å². The van der Waals surface area contributed by atoms with E-state index in [1.165, 1.54) is 4.68 Å². The van der Waals surface area contributed by atoms with Crippen molar-refractivity contribution in [2.24, 2.45) is 7.05 Å². The summed E-state index contributed by atoms with van der Waals surface area (Å²) in [6.45, 7) is 0.00931. The molecule has 0 aliphatic carbocycles. The molecule has 0 aliphatic heterocycles. The van der Waals surface area contributed by atoms with Crippen molar-refractivity contribution in [3.63, 3.8) is 0 Å². The Bertz CT molecular complexity index is 622. The third-order valence-electron chi connectivity index (χ3n) is 2.63. The summed E-state index contributed by atoms with van der Waals surface area (Å²) >= 11 is 5.80. The lowest BCUT2D eigenvalue weighted by Crippen LogP contribution is -2.08. The number of benzene rings is 1. The number of nitrogens with zero attached hydrogens (tertiary/aromatic N) is 2. The summed E-state index contributed by atoms with van der Waals surface area (Å²) in [4.78, 5) is 0. The molecule has 1 N–H and O–H groups in total. The third-order valence-corrected chi connectivity index (χ3v) is 2.91. The number of anilines is 1. The lowest BCUT2D eigenvalue weighted by Gasteiger charge is -2.10. The van der Waals surface area contributed by atoms with Gasteiger partial charge in [0.25, 0.3) is 0 Å². The molecule has 0 spiro atoms. The second kappa shape index (κ2) is 5.32. The molecule has 20 heavy (non-hydrogen) atoms. The van der Waals surface area contributed by atoms with Gasteiger partial charge in [0.15, 0.2) is 5.15 Å². The molecule has 1 aromatic heterocycles. The zero-order chi connectivity index (χ0) is 14.9. The topological polar surface area (TPSA) is 29.9 Å². The number of nitrogens with one attached hydrogen (secondary N) is 1. The second-order valence-electron chi connectivity index (χ2n) is 4.16. The van der Waals surface area contributed by atoms with Gasteiger partial charge in [0.2, 0.25) is 0 Å². The molecule has 2 rings (SSSR count). The first-order valence-electron chi connectivity index (χ1n) is 5.56. The Labute approximate surface area is 117 Å². The van der Waals surface area contributed by atoms with Crippen molar-refractivity contribution in [3.05, 3.63) is 46.5 Å². The van der Waals surface area contributed by atoms with Gasteiger partial charge in [-0.05, 0) is 12.1 Å². The van der Waals surface area contributed by atoms with Crippen LogP contribution < -0.4 is 5.32 Å². The van der Waals surface area contributed by atoms with Crippen LogP contribution in [0.4, 0.5) is 23.2 Å². The lowest BCUT2D eigenvalue weighted by molar-refractivity contribution is -0.137. The predicted octanol–water partition coefficient (Wildman–Crippen LogP) is 3.84. The number of hydrogen-bond donors (Lipinski definition) is 1. The van der Waals surface area contributed by atoms with E-state index in [1.807, 2.05) is 0 Å². The van der Waals surface area contributed by atoms with E-state index < -0.39 is 17.6 Å². The van der Waals surface area contributed by atoms with Gasteiger partial charge >= 0.3 is 6.18 Å². The van der Waals surface area contributed by atoms with E-state index in [0.717, 1.165) is 12.1 Å². The summed E-state index contributed by atoms with van der Waals surface area (Å²) in [5.41, 5.74) is -0.426. The highest BCUT2D eigenvalue weighted by Crippen LogP contribution is 2.30. The van der Waals surface area contributed by atoms with Crippen molar-refractivity contribution in [3.8, 4) is 0 Å². The summed E-state index contributed by atoms with van der Waals surface area (Å²) in [6, 6.07) is 2.40. The zero-order valence-corrected chi connectivity index (χ0v) is 11.1. The Kier molecular flexibility index (Phi) is 3.89. The van der Waals surface area contributed by atoms with E-state index in [9.17, 15) is 17.6 Å². The van der Waals surface area contributed by atoms with Gasteiger partial charge in [-0.3, -0.25) is 4.68 Å². The molecule has 0 fully saturated rings. The minimum atomic E-state index is -4.56. The van der Waals surface area contributed by atoms with Crippen molar-refractivity contribution < 1.29 is 17.6 Å². The first-order valence-corrected chi connectivity index (χ1v) is 5.94. The van der Waals surface area contributed by atoms with Gasteiger partial charge < -0.3 is 5.32 Å². The molecule has 1 aromatic carbocycles. The smallest absolute Gasteiger partial charge is 0.377 e. The monoisotopic (exact) mass is 307 g/mol.